The van der Waals surface area contributed by atoms with Crippen molar-refractivity contribution in [3.63, 3.8) is 0 Å². The van der Waals surface area contributed by atoms with Gasteiger partial charge >= 0.3 is 0 Å². The van der Waals surface area contributed by atoms with Crippen LogP contribution in [0.1, 0.15) is 12.0 Å². The van der Waals surface area contributed by atoms with Gasteiger partial charge in [0.25, 0.3) is 0 Å². The Morgan fingerprint density at radius 2 is 1.88 bits per heavy atom. The summed E-state index contributed by atoms with van der Waals surface area (Å²) < 4.78 is 15.5. The van der Waals surface area contributed by atoms with Gasteiger partial charge in [-0.25, -0.2) is 0 Å². The van der Waals surface area contributed by atoms with Crippen LogP contribution >= 0.6 is 0 Å². The minimum atomic E-state index is 0.529. The molecule has 0 N–H and O–H groups in total. The van der Waals surface area contributed by atoms with Crippen LogP contribution in [0, 0.1) is 11.3 Å². The molecule has 86 valence electrons. The maximum atomic E-state index is 8.81. The highest BCUT2D eigenvalue weighted by atomic mass is 16.5. The molecule has 0 radical (unpaired) electrons. The van der Waals surface area contributed by atoms with Gasteiger partial charge in [-0.15, -0.1) is 0 Å². The Bertz CT molecular complexity index is 371. The number of rotatable bonds is 6. The molecule has 0 fully saturated rings. The maximum absolute atomic E-state index is 8.81. The third-order valence-electron chi connectivity index (χ3n) is 2.01. The van der Waals surface area contributed by atoms with Crippen molar-refractivity contribution in [2.75, 3.05) is 27.4 Å². The van der Waals surface area contributed by atoms with Crippen LogP contribution in [0.25, 0.3) is 0 Å². The molecule has 0 aliphatic rings. The second kappa shape index (κ2) is 6.70. The zero-order valence-electron chi connectivity index (χ0n) is 9.53. The van der Waals surface area contributed by atoms with Crippen LogP contribution in [0.3, 0.4) is 0 Å². The molecule has 0 unspecified atom stereocenters. The third-order valence-corrected chi connectivity index (χ3v) is 2.01. The van der Waals surface area contributed by atoms with Crippen molar-refractivity contribution in [1.82, 2.24) is 0 Å². The Morgan fingerprint density at radius 1 is 1.12 bits per heavy atom. The van der Waals surface area contributed by atoms with Gasteiger partial charge in [-0.1, -0.05) is 0 Å². The molecule has 0 aliphatic carbocycles. The molecule has 0 atom stereocenters. The summed E-state index contributed by atoms with van der Waals surface area (Å²) in [4.78, 5) is 0. The maximum Gasteiger partial charge on any atom is 0.124 e. The number of nitriles is 1. The van der Waals surface area contributed by atoms with Gasteiger partial charge in [0.1, 0.15) is 11.5 Å². The van der Waals surface area contributed by atoms with Crippen LogP contribution in [0.2, 0.25) is 0 Å². The number of nitrogens with zero attached hydrogens (tertiary/aromatic N) is 1. The van der Waals surface area contributed by atoms with Gasteiger partial charge in [-0.2, -0.15) is 5.26 Å². The number of hydrogen-bond donors (Lipinski definition) is 0. The van der Waals surface area contributed by atoms with Gasteiger partial charge in [0.05, 0.1) is 25.3 Å². The predicted molar refractivity (Wildman–Crippen MR) is 59.7 cm³/mol. The highest BCUT2D eigenvalue weighted by molar-refractivity contribution is 5.43. The van der Waals surface area contributed by atoms with Crippen molar-refractivity contribution in [2.45, 2.75) is 6.42 Å². The van der Waals surface area contributed by atoms with E-state index in [1.54, 1.807) is 32.4 Å². The van der Waals surface area contributed by atoms with Crippen molar-refractivity contribution in [2.24, 2.45) is 0 Å². The Hall–Kier alpha value is -1.73. The SMILES string of the molecule is COCCCOc1cc(C#N)cc(OC)c1. The van der Waals surface area contributed by atoms with Gasteiger partial charge in [0, 0.05) is 26.2 Å². The van der Waals surface area contributed by atoms with E-state index in [4.69, 9.17) is 19.5 Å². The lowest BCUT2D eigenvalue weighted by molar-refractivity contribution is 0.172. The number of ether oxygens (including phenoxy) is 3. The van der Waals surface area contributed by atoms with E-state index in [1.807, 2.05) is 0 Å². The molecular weight excluding hydrogens is 206 g/mol. The first kappa shape index (κ1) is 12.3. The molecule has 0 spiro atoms. The molecule has 16 heavy (non-hydrogen) atoms. The summed E-state index contributed by atoms with van der Waals surface area (Å²) >= 11 is 0. The van der Waals surface area contributed by atoms with Crippen LogP contribution in [-0.4, -0.2) is 27.4 Å². The Labute approximate surface area is 95.4 Å². The molecule has 0 bridgehead atoms. The minimum absolute atomic E-state index is 0.529. The molecular formula is C12H15NO3. The van der Waals surface area contributed by atoms with E-state index < -0.39 is 0 Å². The quantitative estimate of drug-likeness (QED) is 0.689. The highest BCUT2D eigenvalue weighted by Gasteiger charge is 2.01. The fourth-order valence-corrected chi connectivity index (χ4v) is 1.23. The molecule has 0 heterocycles. The summed E-state index contributed by atoms with van der Waals surface area (Å²) in [6.07, 6.45) is 0.815. The van der Waals surface area contributed by atoms with E-state index in [1.165, 1.54) is 0 Å². The van der Waals surface area contributed by atoms with Crippen molar-refractivity contribution < 1.29 is 14.2 Å². The largest absolute Gasteiger partial charge is 0.497 e. The smallest absolute Gasteiger partial charge is 0.124 e. The second-order valence-corrected chi connectivity index (χ2v) is 3.20. The van der Waals surface area contributed by atoms with E-state index in [2.05, 4.69) is 6.07 Å². The molecule has 4 heteroatoms. The van der Waals surface area contributed by atoms with Crippen LogP contribution in [0.5, 0.6) is 11.5 Å². The van der Waals surface area contributed by atoms with Crippen molar-refractivity contribution >= 4 is 0 Å². The zero-order valence-corrected chi connectivity index (χ0v) is 9.53. The number of methoxy groups -OCH3 is 2. The lowest BCUT2D eigenvalue weighted by atomic mass is 10.2. The lowest BCUT2D eigenvalue weighted by Crippen LogP contribution is -2.01. The normalized spacial score (nSPS) is 9.56. The van der Waals surface area contributed by atoms with Crippen LogP contribution in [-0.2, 0) is 4.74 Å². The fourth-order valence-electron chi connectivity index (χ4n) is 1.23. The van der Waals surface area contributed by atoms with Crippen molar-refractivity contribution in [3.05, 3.63) is 23.8 Å². The highest BCUT2D eigenvalue weighted by Crippen LogP contribution is 2.22. The predicted octanol–water partition coefficient (Wildman–Crippen LogP) is 1.98. The Morgan fingerprint density at radius 3 is 2.50 bits per heavy atom. The van der Waals surface area contributed by atoms with E-state index in [0.29, 0.717) is 30.3 Å². The molecule has 0 amide bonds. The average molecular weight is 221 g/mol. The van der Waals surface area contributed by atoms with Gasteiger partial charge < -0.3 is 14.2 Å². The summed E-state index contributed by atoms with van der Waals surface area (Å²) in [6.45, 7) is 1.22. The van der Waals surface area contributed by atoms with Gasteiger partial charge in [-0.3, -0.25) is 0 Å². The lowest BCUT2D eigenvalue weighted by Gasteiger charge is -2.08. The van der Waals surface area contributed by atoms with Gasteiger partial charge in [0.2, 0.25) is 0 Å². The van der Waals surface area contributed by atoms with E-state index in [9.17, 15) is 0 Å². The van der Waals surface area contributed by atoms with Crippen molar-refractivity contribution in [3.8, 4) is 17.6 Å². The Kier molecular flexibility index (Phi) is 5.17. The molecule has 4 nitrogen and oxygen atoms in total. The van der Waals surface area contributed by atoms with Gasteiger partial charge in [0.15, 0.2) is 0 Å². The Balaban J connectivity index is 2.61. The topological polar surface area (TPSA) is 51.5 Å². The van der Waals surface area contributed by atoms with Crippen molar-refractivity contribution in [1.29, 1.82) is 5.26 Å². The average Bonchev–Trinajstić information content (AvgIpc) is 2.34. The molecule has 1 aromatic carbocycles. The summed E-state index contributed by atoms with van der Waals surface area (Å²) in [7, 11) is 3.21. The standard InChI is InChI=1S/C12H15NO3/c1-14-4-3-5-16-12-7-10(9-13)6-11(8-12)15-2/h6-8H,3-5H2,1-2H3. The van der Waals surface area contributed by atoms with E-state index >= 15 is 0 Å². The summed E-state index contributed by atoms with van der Waals surface area (Å²) in [6, 6.07) is 7.18. The van der Waals surface area contributed by atoms with E-state index in [-0.39, 0.29) is 0 Å². The molecule has 1 aromatic rings. The first-order valence-corrected chi connectivity index (χ1v) is 5.01. The summed E-state index contributed by atoms with van der Waals surface area (Å²) in [5.41, 5.74) is 0.529. The summed E-state index contributed by atoms with van der Waals surface area (Å²) in [5.74, 6) is 1.27. The molecule has 0 saturated heterocycles. The van der Waals surface area contributed by atoms with Crippen LogP contribution in [0.4, 0.5) is 0 Å². The summed E-state index contributed by atoms with van der Waals surface area (Å²) in [5, 5.41) is 8.81. The van der Waals surface area contributed by atoms with Crippen LogP contribution < -0.4 is 9.47 Å². The third kappa shape index (κ3) is 3.79. The second-order valence-electron chi connectivity index (χ2n) is 3.20. The fraction of sp³-hybridized carbons (Fsp3) is 0.417. The first-order valence-electron chi connectivity index (χ1n) is 5.01. The zero-order chi connectivity index (χ0) is 11.8. The molecule has 0 aliphatic heterocycles. The number of benzene rings is 1. The molecule has 1 rings (SSSR count). The van der Waals surface area contributed by atoms with E-state index in [0.717, 1.165) is 6.42 Å². The molecule has 0 aromatic heterocycles. The minimum Gasteiger partial charge on any atom is -0.497 e. The van der Waals surface area contributed by atoms with Crippen LogP contribution in [0.15, 0.2) is 18.2 Å². The monoisotopic (exact) mass is 221 g/mol. The first-order chi connectivity index (χ1) is 7.80. The van der Waals surface area contributed by atoms with Gasteiger partial charge in [-0.05, 0) is 12.1 Å². The number of hydrogen-bond acceptors (Lipinski definition) is 4. The molecule has 0 saturated carbocycles.